The quantitative estimate of drug-likeness (QED) is 0.0420. The van der Waals surface area contributed by atoms with Crippen LogP contribution in [0.15, 0.2) is 72.8 Å². The van der Waals surface area contributed by atoms with Crippen molar-refractivity contribution in [2.24, 2.45) is 0 Å². The molecule has 12 nitrogen and oxygen atoms in total. The van der Waals surface area contributed by atoms with Gasteiger partial charge in [0.05, 0.1) is 51.8 Å². The van der Waals surface area contributed by atoms with Gasteiger partial charge in [-0.05, 0) is 95.8 Å². The normalized spacial score (nSPS) is 13.6. The van der Waals surface area contributed by atoms with E-state index in [2.05, 4.69) is 0 Å². The standard InChI is InChI=1S/C48H58O12/c1-27(49)41-19-33(17-39(25-59-7)47(41)53)43(31-13-35(21-55-3)45(51)36(14-31)22-56-4)29-9-11-30(12-10-29)44(32-15-37(23-57-5)46(52)38(16-32)24-58-6)34-18-40(26-60-8)48(54)42(20-34)28(2)50/h9-20,27-28,43-44,49-54H,21-26H2,1-8H3. The van der Waals surface area contributed by atoms with Crippen molar-refractivity contribution in [3.05, 3.63) is 151 Å². The third-order valence-corrected chi connectivity index (χ3v) is 10.7. The van der Waals surface area contributed by atoms with Crippen LogP contribution in [0, 0.1) is 0 Å². The van der Waals surface area contributed by atoms with Crippen LogP contribution < -0.4 is 0 Å². The molecule has 0 spiro atoms. The first-order valence-electron chi connectivity index (χ1n) is 19.6. The number of methoxy groups -OCH3 is 6. The van der Waals surface area contributed by atoms with E-state index in [-0.39, 0.29) is 62.6 Å². The molecule has 5 aromatic carbocycles. The molecule has 0 amide bonds. The highest BCUT2D eigenvalue weighted by molar-refractivity contribution is 5.57. The molecule has 5 rings (SSSR count). The highest BCUT2D eigenvalue weighted by atomic mass is 16.5. The first-order valence-corrected chi connectivity index (χ1v) is 19.6. The van der Waals surface area contributed by atoms with Gasteiger partial charge in [-0.3, -0.25) is 0 Å². The lowest BCUT2D eigenvalue weighted by Crippen LogP contribution is -2.11. The molecule has 4 atom stereocenters. The molecule has 0 aliphatic carbocycles. The van der Waals surface area contributed by atoms with Crippen molar-refractivity contribution in [3.8, 4) is 23.0 Å². The van der Waals surface area contributed by atoms with Crippen molar-refractivity contribution in [2.45, 2.75) is 77.5 Å². The number of aromatic hydroxyl groups is 4. The lowest BCUT2D eigenvalue weighted by Gasteiger charge is -2.26. The van der Waals surface area contributed by atoms with Crippen LogP contribution in [0.2, 0.25) is 0 Å². The van der Waals surface area contributed by atoms with Crippen LogP contribution in [0.1, 0.15) is 116 Å². The minimum atomic E-state index is -0.992. The zero-order valence-corrected chi connectivity index (χ0v) is 35.6. The molecule has 0 radical (unpaired) electrons. The summed E-state index contributed by atoms with van der Waals surface area (Å²) in [7, 11) is 9.30. The average Bonchev–Trinajstić information content (AvgIpc) is 3.21. The van der Waals surface area contributed by atoms with E-state index in [4.69, 9.17) is 28.4 Å². The Labute approximate surface area is 352 Å². The Balaban J connectivity index is 1.82. The van der Waals surface area contributed by atoms with Crippen molar-refractivity contribution in [1.29, 1.82) is 0 Å². The first kappa shape index (κ1) is 46.1. The van der Waals surface area contributed by atoms with Crippen molar-refractivity contribution in [2.75, 3.05) is 42.7 Å². The summed E-state index contributed by atoms with van der Waals surface area (Å²) in [6.07, 6.45) is -1.98. The summed E-state index contributed by atoms with van der Waals surface area (Å²) in [5.74, 6) is -0.933. The summed E-state index contributed by atoms with van der Waals surface area (Å²) in [5.41, 5.74) is 8.76. The Morgan fingerprint density at radius 3 is 0.783 bits per heavy atom. The van der Waals surface area contributed by atoms with Gasteiger partial charge in [0, 0.05) is 99.0 Å². The second-order valence-corrected chi connectivity index (χ2v) is 15.1. The highest BCUT2D eigenvalue weighted by Crippen LogP contribution is 2.44. The summed E-state index contributed by atoms with van der Waals surface area (Å²) >= 11 is 0. The van der Waals surface area contributed by atoms with Gasteiger partial charge in [0.2, 0.25) is 0 Å². The number of hydrogen-bond donors (Lipinski definition) is 6. The number of aliphatic hydroxyl groups excluding tert-OH is 2. The SMILES string of the molecule is COCc1cc(C(c2ccc(C(c3cc(COC)c(O)c(COC)c3)c3cc(COC)c(O)c(C(C)O)c3)cc2)c2cc(COC)c(O)c(C(C)O)c2)cc(COC)c1O. The van der Waals surface area contributed by atoms with Crippen molar-refractivity contribution >= 4 is 0 Å². The molecular formula is C48H58O12. The molecule has 60 heavy (non-hydrogen) atoms. The second kappa shape index (κ2) is 21.0. The van der Waals surface area contributed by atoms with Gasteiger partial charge in [0.1, 0.15) is 23.0 Å². The smallest absolute Gasteiger partial charge is 0.126 e. The third-order valence-electron chi connectivity index (χ3n) is 10.7. The maximum Gasteiger partial charge on any atom is 0.126 e. The summed E-state index contributed by atoms with van der Waals surface area (Å²) in [5, 5.41) is 66.5. The van der Waals surface area contributed by atoms with Gasteiger partial charge in [0.15, 0.2) is 0 Å². The zero-order chi connectivity index (χ0) is 43.7. The van der Waals surface area contributed by atoms with Crippen molar-refractivity contribution in [1.82, 2.24) is 0 Å². The molecule has 322 valence electrons. The molecule has 0 heterocycles. The van der Waals surface area contributed by atoms with Crippen LogP contribution in [-0.2, 0) is 68.1 Å². The van der Waals surface area contributed by atoms with E-state index < -0.39 is 24.0 Å². The number of phenolic OH excluding ortho intramolecular Hbond substituents is 4. The van der Waals surface area contributed by atoms with E-state index in [0.717, 1.165) is 33.4 Å². The van der Waals surface area contributed by atoms with Gasteiger partial charge in [-0.15, -0.1) is 0 Å². The summed E-state index contributed by atoms with van der Waals surface area (Å²) in [4.78, 5) is 0. The first-order chi connectivity index (χ1) is 28.8. The molecule has 0 aliphatic heterocycles. The van der Waals surface area contributed by atoms with E-state index in [1.54, 1.807) is 54.4 Å². The topological polar surface area (TPSA) is 177 Å². The Kier molecular flexibility index (Phi) is 16.1. The minimum Gasteiger partial charge on any atom is -0.507 e. The monoisotopic (exact) mass is 826 g/mol. The number of aliphatic hydroxyl groups is 2. The van der Waals surface area contributed by atoms with Gasteiger partial charge in [-0.1, -0.05) is 24.3 Å². The lowest BCUT2D eigenvalue weighted by molar-refractivity contribution is 0.174. The van der Waals surface area contributed by atoms with Crippen molar-refractivity contribution < 1.29 is 59.1 Å². The van der Waals surface area contributed by atoms with Gasteiger partial charge in [-0.25, -0.2) is 0 Å². The van der Waals surface area contributed by atoms with Crippen LogP contribution >= 0.6 is 0 Å². The highest BCUT2D eigenvalue weighted by Gasteiger charge is 2.27. The molecule has 4 unspecified atom stereocenters. The predicted octanol–water partition coefficient (Wildman–Crippen LogP) is 7.85. The van der Waals surface area contributed by atoms with Gasteiger partial charge < -0.3 is 59.1 Å². The number of benzene rings is 5. The van der Waals surface area contributed by atoms with Crippen LogP contribution in [0.3, 0.4) is 0 Å². The van der Waals surface area contributed by atoms with E-state index in [0.29, 0.717) is 44.5 Å². The number of hydrogen-bond acceptors (Lipinski definition) is 12. The minimum absolute atomic E-state index is 0.0497. The Hall–Kier alpha value is -5.02. The largest absolute Gasteiger partial charge is 0.507 e. The molecule has 0 saturated heterocycles. The van der Waals surface area contributed by atoms with E-state index in [1.807, 2.05) is 60.7 Å². The van der Waals surface area contributed by atoms with Crippen LogP contribution in [0.5, 0.6) is 23.0 Å². The molecule has 0 aromatic heterocycles. The van der Waals surface area contributed by atoms with Gasteiger partial charge in [0.25, 0.3) is 0 Å². The zero-order valence-electron chi connectivity index (χ0n) is 35.6. The summed E-state index contributed by atoms with van der Waals surface area (Å²) in [6.45, 7) is 3.95. The molecule has 0 saturated carbocycles. The maximum atomic E-state index is 11.2. The molecule has 0 aliphatic rings. The van der Waals surface area contributed by atoms with Crippen LogP contribution in [-0.4, -0.2) is 73.3 Å². The summed E-state index contributed by atoms with van der Waals surface area (Å²) in [6, 6.07) is 22.9. The molecule has 5 aromatic rings. The average molecular weight is 827 g/mol. The predicted molar refractivity (Wildman–Crippen MR) is 226 cm³/mol. The van der Waals surface area contributed by atoms with E-state index in [1.165, 1.54) is 14.2 Å². The second-order valence-electron chi connectivity index (χ2n) is 15.1. The van der Waals surface area contributed by atoms with E-state index >= 15 is 0 Å². The number of rotatable bonds is 20. The maximum absolute atomic E-state index is 11.2. The molecule has 0 bridgehead atoms. The lowest BCUT2D eigenvalue weighted by atomic mass is 9.79. The summed E-state index contributed by atoms with van der Waals surface area (Å²) < 4.78 is 32.9. The Bertz CT molecular complexity index is 2000. The molecule has 6 N–H and O–H groups in total. The van der Waals surface area contributed by atoms with Gasteiger partial charge >= 0.3 is 0 Å². The third kappa shape index (κ3) is 10.1. The number of ether oxygens (including phenoxy) is 6. The Morgan fingerprint density at radius 2 is 0.567 bits per heavy atom. The fourth-order valence-electron chi connectivity index (χ4n) is 8.00. The van der Waals surface area contributed by atoms with Gasteiger partial charge in [-0.2, -0.15) is 0 Å². The number of phenols is 4. The van der Waals surface area contributed by atoms with Crippen LogP contribution in [0.4, 0.5) is 0 Å². The fourth-order valence-corrected chi connectivity index (χ4v) is 8.00. The van der Waals surface area contributed by atoms with Crippen molar-refractivity contribution in [3.63, 3.8) is 0 Å². The molecule has 12 heteroatoms. The van der Waals surface area contributed by atoms with Crippen LogP contribution in [0.25, 0.3) is 0 Å². The molecule has 0 fully saturated rings. The fraction of sp³-hybridized carbons (Fsp3) is 0.375. The van der Waals surface area contributed by atoms with E-state index in [9.17, 15) is 30.6 Å². The molecular weight excluding hydrogens is 769 g/mol. The Morgan fingerprint density at radius 1 is 0.350 bits per heavy atom.